The number of halogens is 2. The molecule has 0 aliphatic carbocycles. The van der Waals surface area contributed by atoms with Gasteiger partial charge in [0, 0.05) is 0 Å². The van der Waals surface area contributed by atoms with E-state index in [-0.39, 0.29) is 16.9 Å². The first-order valence-electron chi connectivity index (χ1n) is 8.16. The van der Waals surface area contributed by atoms with Gasteiger partial charge in [0.25, 0.3) is 11.8 Å². The summed E-state index contributed by atoms with van der Waals surface area (Å²) in [5.74, 6) is -1.51. The Hall–Kier alpha value is -3.29. The maximum Gasteiger partial charge on any atom is 0.387 e. The molecule has 0 spiro atoms. The van der Waals surface area contributed by atoms with Crippen LogP contribution in [0.3, 0.4) is 0 Å². The summed E-state index contributed by atoms with van der Waals surface area (Å²) in [5, 5.41) is 2.68. The lowest BCUT2D eigenvalue weighted by atomic mass is 10.1. The highest BCUT2D eigenvalue weighted by molar-refractivity contribution is 6.22. The van der Waals surface area contributed by atoms with Crippen LogP contribution in [0.4, 0.5) is 8.78 Å². The van der Waals surface area contributed by atoms with E-state index in [4.69, 9.17) is 0 Å². The van der Waals surface area contributed by atoms with Gasteiger partial charge < -0.3 is 10.1 Å². The zero-order chi connectivity index (χ0) is 19.6. The van der Waals surface area contributed by atoms with Crippen LogP contribution in [0.2, 0.25) is 0 Å². The summed E-state index contributed by atoms with van der Waals surface area (Å²) in [7, 11) is 0. The van der Waals surface area contributed by atoms with Crippen LogP contribution in [0, 0.1) is 0 Å². The van der Waals surface area contributed by atoms with Crippen LogP contribution in [0.15, 0.2) is 48.5 Å². The van der Waals surface area contributed by atoms with Crippen molar-refractivity contribution in [3.63, 3.8) is 0 Å². The Bertz CT molecular complexity index is 849. The van der Waals surface area contributed by atoms with Gasteiger partial charge >= 0.3 is 6.61 Å². The Morgan fingerprint density at radius 2 is 1.59 bits per heavy atom. The molecule has 1 heterocycles. The van der Waals surface area contributed by atoms with E-state index in [1.807, 2.05) is 0 Å². The first-order chi connectivity index (χ1) is 12.9. The highest BCUT2D eigenvalue weighted by Gasteiger charge is 2.36. The summed E-state index contributed by atoms with van der Waals surface area (Å²) >= 11 is 0. The molecular weight excluding hydrogens is 358 g/mol. The van der Waals surface area contributed by atoms with Gasteiger partial charge in [-0.1, -0.05) is 24.3 Å². The molecule has 6 nitrogen and oxygen atoms in total. The Labute approximate surface area is 153 Å². The van der Waals surface area contributed by atoms with Crippen molar-refractivity contribution >= 4 is 17.7 Å². The minimum atomic E-state index is -2.91. The van der Waals surface area contributed by atoms with Crippen LogP contribution in [0.1, 0.15) is 39.2 Å². The zero-order valence-corrected chi connectivity index (χ0v) is 14.3. The first kappa shape index (κ1) is 18.5. The summed E-state index contributed by atoms with van der Waals surface area (Å²) in [5.41, 5.74) is 1.21. The Morgan fingerprint density at radius 3 is 2.11 bits per heavy atom. The number of amides is 3. The average molecular weight is 374 g/mol. The number of hydrogen-bond donors (Lipinski definition) is 1. The van der Waals surface area contributed by atoms with Crippen LogP contribution in [0.5, 0.6) is 5.75 Å². The molecule has 1 N–H and O–H groups in total. The van der Waals surface area contributed by atoms with Crippen LogP contribution in [-0.2, 0) is 4.79 Å². The van der Waals surface area contributed by atoms with E-state index in [1.54, 1.807) is 43.3 Å². The molecule has 0 saturated heterocycles. The van der Waals surface area contributed by atoms with Gasteiger partial charge in [0.05, 0.1) is 17.2 Å². The molecule has 0 aromatic heterocycles. The second-order valence-corrected chi connectivity index (χ2v) is 5.98. The molecule has 0 radical (unpaired) electrons. The van der Waals surface area contributed by atoms with E-state index in [1.165, 1.54) is 12.1 Å². The molecular formula is C19H16F2N2O4. The number of imide groups is 1. The van der Waals surface area contributed by atoms with Crippen molar-refractivity contribution in [2.24, 2.45) is 0 Å². The van der Waals surface area contributed by atoms with Gasteiger partial charge in [-0.3, -0.25) is 19.3 Å². The molecule has 1 aliphatic heterocycles. The monoisotopic (exact) mass is 374 g/mol. The lowest BCUT2D eigenvalue weighted by Crippen LogP contribution is -2.41. The van der Waals surface area contributed by atoms with Gasteiger partial charge in [-0.05, 0) is 36.8 Å². The predicted molar refractivity (Wildman–Crippen MR) is 91.4 cm³/mol. The highest BCUT2D eigenvalue weighted by atomic mass is 19.3. The number of hydrogen-bond acceptors (Lipinski definition) is 4. The van der Waals surface area contributed by atoms with Crippen molar-refractivity contribution in [1.82, 2.24) is 10.2 Å². The van der Waals surface area contributed by atoms with Gasteiger partial charge in [0.2, 0.25) is 5.91 Å². The third kappa shape index (κ3) is 3.94. The predicted octanol–water partition coefficient (Wildman–Crippen LogP) is 2.76. The first-order valence-corrected chi connectivity index (χ1v) is 8.16. The molecule has 1 unspecified atom stereocenters. The van der Waals surface area contributed by atoms with Crippen LogP contribution in [0.25, 0.3) is 0 Å². The Morgan fingerprint density at radius 1 is 1.04 bits per heavy atom. The summed E-state index contributed by atoms with van der Waals surface area (Å²) in [4.78, 5) is 37.7. The Kier molecular flexibility index (Phi) is 5.16. The average Bonchev–Trinajstić information content (AvgIpc) is 2.87. The van der Waals surface area contributed by atoms with Crippen molar-refractivity contribution < 1.29 is 27.9 Å². The number of rotatable bonds is 6. The second kappa shape index (κ2) is 7.53. The number of nitrogens with zero attached hydrogens (tertiary/aromatic N) is 1. The van der Waals surface area contributed by atoms with E-state index in [0.717, 1.165) is 4.90 Å². The summed E-state index contributed by atoms with van der Waals surface area (Å²) in [6.45, 7) is -1.61. The fraction of sp³-hybridized carbons (Fsp3) is 0.211. The quantitative estimate of drug-likeness (QED) is 0.789. The van der Waals surface area contributed by atoms with E-state index >= 15 is 0 Å². The molecule has 1 atom stereocenters. The fourth-order valence-electron chi connectivity index (χ4n) is 2.83. The van der Waals surface area contributed by atoms with Crippen LogP contribution >= 0.6 is 0 Å². The fourth-order valence-corrected chi connectivity index (χ4v) is 2.83. The minimum absolute atomic E-state index is 0.0123. The third-order valence-electron chi connectivity index (χ3n) is 4.16. The van der Waals surface area contributed by atoms with Crippen LogP contribution < -0.4 is 10.1 Å². The molecule has 3 amide bonds. The molecule has 27 heavy (non-hydrogen) atoms. The van der Waals surface area contributed by atoms with Crippen molar-refractivity contribution in [2.45, 2.75) is 19.6 Å². The normalized spacial score (nSPS) is 14.3. The van der Waals surface area contributed by atoms with E-state index in [2.05, 4.69) is 10.1 Å². The largest absolute Gasteiger partial charge is 0.435 e. The molecule has 2 aromatic carbocycles. The molecule has 2 aromatic rings. The standard InChI is InChI=1S/C19H16F2N2O4/c1-11(12-6-8-13(9-7-12)27-19(20)21)22-16(24)10-23-17(25)14-4-2-3-5-15(14)18(23)26/h2-9,11,19H,10H2,1H3,(H,22,24). The molecule has 3 rings (SSSR count). The SMILES string of the molecule is CC(NC(=O)CN1C(=O)c2ccccc2C1=O)c1ccc(OC(F)F)cc1. The number of nitrogens with one attached hydrogen (secondary N) is 1. The maximum atomic E-state index is 12.3. The smallest absolute Gasteiger partial charge is 0.387 e. The summed E-state index contributed by atoms with van der Waals surface area (Å²) < 4.78 is 28.6. The highest BCUT2D eigenvalue weighted by Crippen LogP contribution is 2.22. The van der Waals surface area contributed by atoms with E-state index in [0.29, 0.717) is 5.56 Å². The van der Waals surface area contributed by atoms with Crippen molar-refractivity contribution in [3.8, 4) is 5.75 Å². The summed E-state index contributed by atoms with van der Waals surface area (Å²) in [6, 6.07) is 11.8. The van der Waals surface area contributed by atoms with E-state index < -0.39 is 36.9 Å². The number of carbonyl (C=O) groups is 3. The molecule has 0 bridgehead atoms. The second-order valence-electron chi connectivity index (χ2n) is 5.98. The maximum absolute atomic E-state index is 12.3. The lowest BCUT2D eigenvalue weighted by Gasteiger charge is -2.18. The molecule has 1 aliphatic rings. The number of alkyl halides is 2. The molecule has 0 fully saturated rings. The minimum Gasteiger partial charge on any atom is -0.435 e. The number of ether oxygens (including phenoxy) is 1. The number of benzene rings is 2. The van der Waals surface area contributed by atoms with E-state index in [9.17, 15) is 23.2 Å². The molecule has 0 saturated carbocycles. The van der Waals surface area contributed by atoms with Gasteiger partial charge in [0.1, 0.15) is 12.3 Å². The molecule has 140 valence electrons. The number of fused-ring (bicyclic) bond motifs is 1. The van der Waals surface area contributed by atoms with Gasteiger partial charge in [0.15, 0.2) is 0 Å². The number of carbonyl (C=O) groups excluding carboxylic acids is 3. The van der Waals surface area contributed by atoms with Crippen molar-refractivity contribution in [3.05, 3.63) is 65.2 Å². The van der Waals surface area contributed by atoms with Gasteiger partial charge in [-0.2, -0.15) is 8.78 Å². The zero-order valence-electron chi connectivity index (χ0n) is 14.3. The lowest BCUT2D eigenvalue weighted by molar-refractivity contribution is -0.122. The van der Waals surface area contributed by atoms with Crippen molar-refractivity contribution in [2.75, 3.05) is 6.54 Å². The summed E-state index contributed by atoms with van der Waals surface area (Å²) in [6.07, 6.45) is 0. The topological polar surface area (TPSA) is 75.7 Å². The van der Waals surface area contributed by atoms with Gasteiger partial charge in [-0.25, -0.2) is 0 Å². The van der Waals surface area contributed by atoms with Crippen molar-refractivity contribution in [1.29, 1.82) is 0 Å². The van der Waals surface area contributed by atoms with Gasteiger partial charge in [-0.15, -0.1) is 0 Å². The van der Waals surface area contributed by atoms with Crippen LogP contribution in [-0.4, -0.2) is 35.8 Å². The third-order valence-corrected chi connectivity index (χ3v) is 4.16. The Balaban J connectivity index is 1.61. The molecule has 8 heteroatoms.